The number of aromatic nitrogens is 2. The van der Waals surface area contributed by atoms with Gasteiger partial charge in [0.25, 0.3) is 5.91 Å². The molecule has 4 heterocycles. The Bertz CT molecular complexity index is 1870. The number of amides is 4. The zero-order chi connectivity index (χ0) is 32.9. The van der Waals surface area contributed by atoms with Crippen LogP contribution in [0.1, 0.15) is 18.5 Å². The summed E-state index contributed by atoms with van der Waals surface area (Å²) in [5.41, 5.74) is 7.05. The number of rotatable bonds is 11. The van der Waals surface area contributed by atoms with Gasteiger partial charge in [-0.15, -0.1) is 0 Å². The van der Waals surface area contributed by atoms with Crippen LogP contribution in [0.3, 0.4) is 0 Å². The van der Waals surface area contributed by atoms with Crippen molar-refractivity contribution in [2.75, 3.05) is 32.9 Å². The van der Waals surface area contributed by atoms with Crippen molar-refractivity contribution in [3.8, 4) is 28.4 Å². The molecule has 0 aliphatic carbocycles. The molecule has 47 heavy (non-hydrogen) atoms. The zero-order valence-electron chi connectivity index (χ0n) is 25.2. The highest BCUT2D eigenvalue weighted by Crippen LogP contribution is 2.34. The lowest BCUT2D eigenvalue weighted by atomic mass is 10.0. The molecular formula is C32H32N6O9. The molecule has 244 valence electrons. The third-order valence-electron chi connectivity index (χ3n) is 7.89. The summed E-state index contributed by atoms with van der Waals surface area (Å²) in [6.45, 7) is 0.368. The van der Waals surface area contributed by atoms with Gasteiger partial charge in [-0.3, -0.25) is 24.0 Å². The van der Waals surface area contributed by atoms with Crippen LogP contribution in [0.25, 0.3) is 22.1 Å². The molecule has 2 aliphatic heterocycles. The number of H-pyrrole nitrogens is 1. The second-order valence-corrected chi connectivity index (χ2v) is 11.1. The number of likely N-dealkylation sites (tertiary alicyclic amines) is 1. The van der Waals surface area contributed by atoms with Crippen molar-refractivity contribution >= 4 is 34.6 Å². The smallest absolute Gasteiger partial charge is 0.258 e. The first-order valence-corrected chi connectivity index (χ1v) is 15.0. The lowest BCUT2D eigenvalue weighted by Crippen LogP contribution is -2.54. The fourth-order valence-corrected chi connectivity index (χ4v) is 5.58. The molecule has 6 rings (SSSR count). The van der Waals surface area contributed by atoms with Gasteiger partial charge in [0, 0.05) is 30.9 Å². The van der Waals surface area contributed by atoms with Gasteiger partial charge in [0.05, 0.1) is 23.8 Å². The van der Waals surface area contributed by atoms with Crippen molar-refractivity contribution in [1.29, 1.82) is 0 Å². The molecule has 2 atom stereocenters. The van der Waals surface area contributed by atoms with Gasteiger partial charge in [-0.2, -0.15) is 0 Å². The van der Waals surface area contributed by atoms with Gasteiger partial charge in [0.15, 0.2) is 23.5 Å². The fourth-order valence-electron chi connectivity index (χ4n) is 5.58. The minimum absolute atomic E-state index is 0.0971. The second kappa shape index (κ2) is 13.6. The number of ether oxygens (including phenoxy) is 3. The molecule has 0 saturated carbocycles. The predicted molar refractivity (Wildman–Crippen MR) is 166 cm³/mol. The maximum absolute atomic E-state index is 13.3. The number of hydrogen-bond donors (Lipinski definition) is 4. The average molecular weight is 645 g/mol. The lowest BCUT2D eigenvalue weighted by Gasteiger charge is -2.27. The Balaban J connectivity index is 1.04. The number of aromatic amines is 1. The van der Waals surface area contributed by atoms with Crippen molar-refractivity contribution in [2.24, 2.45) is 5.73 Å². The van der Waals surface area contributed by atoms with E-state index < -0.39 is 48.9 Å². The lowest BCUT2D eigenvalue weighted by molar-refractivity contribution is -0.140. The van der Waals surface area contributed by atoms with Crippen LogP contribution in [0.2, 0.25) is 0 Å². The number of benzene rings is 2. The molecule has 5 N–H and O–H groups in total. The zero-order valence-corrected chi connectivity index (χ0v) is 25.2. The van der Waals surface area contributed by atoms with Crippen molar-refractivity contribution in [3.05, 3.63) is 71.1 Å². The summed E-state index contributed by atoms with van der Waals surface area (Å²) in [6, 6.07) is 8.05. The number of nitrogens with two attached hydrogens (primary N) is 1. The topological polar surface area (TPSA) is 208 Å². The van der Waals surface area contributed by atoms with Crippen LogP contribution in [-0.2, 0) is 25.6 Å². The van der Waals surface area contributed by atoms with E-state index in [1.54, 1.807) is 24.3 Å². The molecule has 0 radical (unpaired) electrons. The van der Waals surface area contributed by atoms with E-state index in [4.69, 9.17) is 24.4 Å². The normalized spacial score (nSPS) is 16.0. The molecule has 0 spiro atoms. The summed E-state index contributed by atoms with van der Waals surface area (Å²) < 4.78 is 22.5. The Morgan fingerprint density at radius 1 is 1.09 bits per heavy atom. The summed E-state index contributed by atoms with van der Waals surface area (Å²) in [5.74, 6) is -0.844. The van der Waals surface area contributed by atoms with E-state index in [0.29, 0.717) is 66.3 Å². The van der Waals surface area contributed by atoms with Crippen molar-refractivity contribution in [1.82, 2.24) is 25.5 Å². The number of carbonyl (C=O) groups is 4. The SMILES string of the molecule is NC(=O)[C@@H]1CCCN1C(=O)[C@@H](Cc1cnc[nH]1)NC(=O)CNC(=O)COc1ccc2c(=O)c(-c3ccc4c(c3)OCCO4)coc2c1. The van der Waals surface area contributed by atoms with Crippen LogP contribution in [0, 0.1) is 0 Å². The first kappa shape index (κ1) is 31.1. The fraction of sp³-hybridized carbons (Fsp3) is 0.312. The van der Waals surface area contributed by atoms with Gasteiger partial charge < -0.3 is 44.9 Å². The Kier molecular flexibility index (Phi) is 9.04. The van der Waals surface area contributed by atoms with E-state index in [2.05, 4.69) is 20.6 Å². The number of primary amides is 1. The van der Waals surface area contributed by atoms with Crippen LogP contribution in [0.4, 0.5) is 0 Å². The number of nitrogens with zero attached hydrogens (tertiary/aromatic N) is 2. The average Bonchev–Trinajstić information content (AvgIpc) is 3.79. The van der Waals surface area contributed by atoms with E-state index in [0.717, 1.165) is 0 Å². The predicted octanol–water partition coefficient (Wildman–Crippen LogP) is 0.653. The molecule has 15 heteroatoms. The van der Waals surface area contributed by atoms with E-state index >= 15 is 0 Å². The summed E-state index contributed by atoms with van der Waals surface area (Å²) in [5, 5.41) is 5.42. The largest absolute Gasteiger partial charge is 0.486 e. The molecule has 0 bridgehead atoms. The highest BCUT2D eigenvalue weighted by atomic mass is 16.6. The molecule has 2 aromatic carbocycles. The quantitative estimate of drug-likeness (QED) is 0.179. The monoisotopic (exact) mass is 644 g/mol. The van der Waals surface area contributed by atoms with Crippen LogP contribution in [0.15, 0.2) is 64.4 Å². The molecule has 1 saturated heterocycles. The van der Waals surface area contributed by atoms with Gasteiger partial charge in [-0.25, -0.2) is 4.98 Å². The number of hydrogen-bond acceptors (Lipinski definition) is 10. The molecule has 2 aliphatic rings. The highest BCUT2D eigenvalue weighted by Gasteiger charge is 2.37. The Labute approximate surface area is 267 Å². The molecular weight excluding hydrogens is 612 g/mol. The third-order valence-corrected chi connectivity index (χ3v) is 7.89. The van der Waals surface area contributed by atoms with Gasteiger partial charge in [-0.1, -0.05) is 6.07 Å². The van der Waals surface area contributed by atoms with Crippen LogP contribution >= 0.6 is 0 Å². The van der Waals surface area contributed by atoms with Crippen molar-refractivity contribution < 1.29 is 37.8 Å². The Hall–Kier alpha value is -5.86. The first-order chi connectivity index (χ1) is 22.8. The molecule has 15 nitrogen and oxygen atoms in total. The molecule has 2 aromatic heterocycles. The maximum Gasteiger partial charge on any atom is 0.258 e. The second-order valence-electron chi connectivity index (χ2n) is 11.1. The van der Waals surface area contributed by atoms with E-state index in [9.17, 15) is 24.0 Å². The Morgan fingerprint density at radius 2 is 1.91 bits per heavy atom. The van der Waals surface area contributed by atoms with E-state index in [-0.39, 0.29) is 23.2 Å². The van der Waals surface area contributed by atoms with Crippen molar-refractivity contribution in [2.45, 2.75) is 31.3 Å². The number of fused-ring (bicyclic) bond motifs is 2. The van der Waals surface area contributed by atoms with Crippen LogP contribution in [-0.4, -0.2) is 83.5 Å². The molecule has 4 aromatic rings. The highest BCUT2D eigenvalue weighted by molar-refractivity contribution is 5.93. The van der Waals surface area contributed by atoms with Gasteiger partial charge >= 0.3 is 0 Å². The summed E-state index contributed by atoms with van der Waals surface area (Å²) in [7, 11) is 0. The van der Waals surface area contributed by atoms with Crippen LogP contribution in [0.5, 0.6) is 17.2 Å². The first-order valence-electron chi connectivity index (χ1n) is 15.0. The van der Waals surface area contributed by atoms with Crippen molar-refractivity contribution in [3.63, 3.8) is 0 Å². The minimum Gasteiger partial charge on any atom is -0.486 e. The van der Waals surface area contributed by atoms with E-state index in [1.807, 2.05) is 0 Å². The number of imidazole rings is 1. The Morgan fingerprint density at radius 3 is 2.70 bits per heavy atom. The standard InChI is InChI=1S/C32H32N6O9/c33-31(42)24-2-1-7-38(24)32(43)23(11-19-13-34-17-36-19)37-28(39)14-35-29(40)16-46-20-4-5-21-26(12-20)47-15-22(30(21)41)18-3-6-25-27(10-18)45-9-8-44-25/h3-6,10,12-13,15,17,23-24H,1-2,7-9,11,14,16H2,(H2,33,42)(H,34,36)(H,35,40)(H,37,39)/t23-,24+/m1/s1. The molecule has 0 unspecified atom stereocenters. The summed E-state index contributed by atoms with van der Waals surface area (Å²) in [4.78, 5) is 71.8. The summed E-state index contributed by atoms with van der Waals surface area (Å²) >= 11 is 0. The third kappa shape index (κ3) is 7.03. The minimum atomic E-state index is -1.02. The number of nitrogens with one attached hydrogen (secondary N) is 3. The van der Waals surface area contributed by atoms with Gasteiger partial charge in [0.2, 0.25) is 17.7 Å². The molecule has 1 fully saturated rings. The van der Waals surface area contributed by atoms with E-state index in [1.165, 1.54) is 35.8 Å². The maximum atomic E-state index is 13.3. The summed E-state index contributed by atoms with van der Waals surface area (Å²) in [6.07, 6.45) is 5.49. The van der Waals surface area contributed by atoms with Gasteiger partial charge in [0.1, 0.15) is 42.9 Å². The molecule has 4 amide bonds. The van der Waals surface area contributed by atoms with Gasteiger partial charge in [-0.05, 0) is 42.7 Å². The van der Waals surface area contributed by atoms with Crippen LogP contribution < -0.4 is 36.0 Å². The number of carbonyl (C=O) groups excluding carboxylic acids is 4.